The molecule has 10 heteroatoms. The van der Waals surface area contributed by atoms with Crippen molar-refractivity contribution in [2.24, 2.45) is 0 Å². The predicted molar refractivity (Wildman–Crippen MR) is 113 cm³/mol. The summed E-state index contributed by atoms with van der Waals surface area (Å²) in [5.74, 6) is 0. The second kappa shape index (κ2) is 7.77. The molecule has 9 nitrogen and oxygen atoms in total. The smallest absolute Gasteiger partial charge is 0.148 e. The van der Waals surface area contributed by atoms with E-state index in [4.69, 9.17) is 5.26 Å². The standard InChI is InChI=1S/C21H21FN8O/c1-21(2,31)20(22)12-29-11-18(27-28-29)15-10-25-17(7-16(15)24-3)19-5-4-14-6-13(8-23)9-26-30(14)19/h4-7,9-11,20,31H,12H2,1-3H3,(H,24,25). The lowest BCUT2D eigenvalue weighted by molar-refractivity contribution is -0.0120. The Labute approximate surface area is 177 Å². The van der Waals surface area contributed by atoms with Gasteiger partial charge < -0.3 is 10.4 Å². The minimum atomic E-state index is -1.48. The summed E-state index contributed by atoms with van der Waals surface area (Å²) in [6, 6.07) is 9.47. The van der Waals surface area contributed by atoms with Crippen molar-refractivity contribution < 1.29 is 9.50 Å². The number of fused-ring (bicyclic) bond motifs is 1. The Kier molecular flexibility index (Phi) is 5.12. The van der Waals surface area contributed by atoms with Gasteiger partial charge >= 0.3 is 0 Å². The topological polar surface area (TPSA) is 117 Å². The van der Waals surface area contributed by atoms with Gasteiger partial charge in [-0.3, -0.25) is 4.98 Å². The molecule has 4 rings (SSSR count). The molecule has 0 aliphatic rings. The quantitative estimate of drug-likeness (QED) is 0.492. The van der Waals surface area contributed by atoms with Gasteiger partial charge in [0.05, 0.1) is 47.0 Å². The first-order valence-corrected chi connectivity index (χ1v) is 9.63. The number of nitrogens with zero attached hydrogens (tertiary/aromatic N) is 7. The number of pyridine rings is 1. The fourth-order valence-corrected chi connectivity index (χ4v) is 3.16. The predicted octanol–water partition coefficient (Wildman–Crippen LogP) is 2.68. The highest BCUT2D eigenvalue weighted by atomic mass is 19.1. The van der Waals surface area contributed by atoms with Gasteiger partial charge in [0.25, 0.3) is 0 Å². The first-order valence-electron chi connectivity index (χ1n) is 9.63. The first kappa shape index (κ1) is 20.4. The van der Waals surface area contributed by atoms with Crippen LogP contribution in [0.5, 0.6) is 0 Å². The van der Waals surface area contributed by atoms with Crippen LogP contribution in [-0.2, 0) is 6.54 Å². The number of nitrogens with one attached hydrogen (secondary N) is 1. The zero-order valence-corrected chi connectivity index (χ0v) is 17.3. The highest BCUT2D eigenvalue weighted by Gasteiger charge is 2.27. The fourth-order valence-electron chi connectivity index (χ4n) is 3.16. The van der Waals surface area contributed by atoms with E-state index in [2.05, 4.69) is 31.8 Å². The van der Waals surface area contributed by atoms with E-state index < -0.39 is 11.8 Å². The van der Waals surface area contributed by atoms with E-state index >= 15 is 0 Å². The fraction of sp³-hybridized carbons (Fsp3) is 0.286. The summed E-state index contributed by atoms with van der Waals surface area (Å²) in [4.78, 5) is 4.55. The molecule has 0 bridgehead atoms. The lowest BCUT2D eigenvalue weighted by Gasteiger charge is -2.21. The van der Waals surface area contributed by atoms with E-state index in [1.807, 2.05) is 18.2 Å². The third kappa shape index (κ3) is 3.95. The van der Waals surface area contributed by atoms with Crippen LogP contribution in [0.1, 0.15) is 19.4 Å². The molecule has 0 spiro atoms. The van der Waals surface area contributed by atoms with E-state index in [1.165, 1.54) is 24.7 Å². The number of aromatic nitrogens is 6. The number of nitriles is 1. The first-order chi connectivity index (χ1) is 14.8. The minimum absolute atomic E-state index is 0.108. The van der Waals surface area contributed by atoms with Gasteiger partial charge in [-0.05, 0) is 38.1 Å². The Balaban J connectivity index is 1.66. The molecule has 0 saturated carbocycles. The minimum Gasteiger partial charge on any atom is -0.387 e. The third-order valence-electron chi connectivity index (χ3n) is 4.99. The lowest BCUT2D eigenvalue weighted by Crippen LogP contribution is -2.35. The summed E-state index contributed by atoms with van der Waals surface area (Å²) in [5, 5.41) is 34.4. The molecule has 0 amide bonds. The maximum atomic E-state index is 14.1. The second-order valence-corrected chi connectivity index (χ2v) is 7.72. The van der Waals surface area contributed by atoms with Gasteiger partial charge in [-0.2, -0.15) is 10.4 Å². The number of rotatable bonds is 6. The molecule has 4 aromatic rings. The molecule has 158 valence electrons. The highest BCUT2D eigenvalue weighted by Crippen LogP contribution is 2.30. The van der Waals surface area contributed by atoms with Crippen LogP contribution in [-0.4, -0.2) is 53.5 Å². The molecule has 4 aromatic heterocycles. The number of hydrogen-bond donors (Lipinski definition) is 2. The summed E-state index contributed by atoms with van der Waals surface area (Å²) in [6.45, 7) is 2.72. The Hall–Kier alpha value is -3.84. The Morgan fingerprint density at radius 3 is 2.77 bits per heavy atom. The van der Waals surface area contributed by atoms with E-state index in [9.17, 15) is 9.50 Å². The van der Waals surface area contributed by atoms with Gasteiger partial charge in [0.2, 0.25) is 0 Å². The summed E-state index contributed by atoms with van der Waals surface area (Å²) in [6.07, 6.45) is 3.31. The van der Waals surface area contributed by atoms with Crippen LogP contribution in [0.25, 0.3) is 28.2 Å². The SMILES string of the molecule is CNc1cc(-c2ccc3cc(C#N)cnn23)ncc1-c1cn(CC(F)C(C)(C)O)nn1. The molecule has 1 atom stereocenters. The number of halogens is 1. The summed E-state index contributed by atoms with van der Waals surface area (Å²) >= 11 is 0. The van der Waals surface area contributed by atoms with Crippen LogP contribution in [0.4, 0.5) is 10.1 Å². The average molecular weight is 420 g/mol. The third-order valence-corrected chi connectivity index (χ3v) is 4.99. The molecule has 4 heterocycles. The molecule has 0 fully saturated rings. The van der Waals surface area contributed by atoms with Crippen molar-refractivity contribution in [3.63, 3.8) is 0 Å². The van der Waals surface area contributed by atoms with Crippen molar-refractivity contribution in [3.8, 4) is 28.7 Å². The van der Waals surface area contributed by atoms with E-state index in [1.54, 1.807) is 30.0 Å². The molecule has 0 aromatic carbocycles. The molecule has 31 heavy (non-hydrogen) atoms. The molecule has 2 N–H and O–H groups in total. The van der Waals surface area contributed by atoms with Gasteiger partial charge in [-0.15, -0.1) is 5.10 Å². The molecule has 0 aliphatic carbocycles. The lowest BCUT2D eigenvalue weighted by atomic mass is 10.0. The van der Waals surface area contributed by atoms with Gasteiger partial charge in [0.1, 0.15) is 17.9 Å². The Morgan fingerprint density at radius 1 is 1.26 bits per heavy atom. The number of hydrogen-bond acceptors (Lipinski definition) is 7. The molecule has 0 aliphatic heterocycles. The normalized spacial score (nSPS) is 12.6. The maximum Gasteiger partial charge on any atom is 0.148 e. The largest absolute Gasteiger partial charge is 0.387 e. The van der Waals surface area contributed by atoms with Crippen molar-refractivity contribution in [2.45, 2.75) is 32.2 Å². The van der Waals surface area contributed by atoms with E-state index in [0.717, 1.165) is 16.9 Å². The van der Waals surface area contributed by atoms with E-state index in [-0.39, 0.29) is 6.54 Å². The molecular formula is C21H21FN8O. The molecule has 0 radical (unpaired) electrons. The molecule has 1 unspecified atom stereocenters. The van der Waals surface area contributed by atoms with Crippen LogP contribution in [0.2, 0.25) is 0 Å². The van der Waals surface area contributed by atoms with Crippen molar-refractivity contribution in [1.82, 2.24) is 29.6 Å². The van der Waals surface area contributed by atoms with Crippen LogP contribution < -0.4 is 5.32 Å². The highest BCUT2D eigenvalue weighted by molar-refractivity contribution is 5.78. The zero-order chi connectivity index (χ0) is 22.2. The Bertz CT molecular complexity index is 1280. The van der Waals surface area contributed by atoms with Crippen molar-refractivity contribution in [3.05, 3.63) is 48.4 Å². The van der Waals surface area contributed by atoms with Crippen molar-refractivity contribution in [2.75, 3.05) is 12.4 Å². The second-order valence-electron chi connectivity index (χ2n) is 7.72. The van der Waals surface area contributed by atoms with Crippen LogP contribution >= 0.6 is 0 Å². The van der Waals surface area contributed by atoms with Crippen LogP contribution in [0, 0.1) is 11.3 Å². The summed E-state index contributed by atoms with van der Waals surface area (Å²) in [5.41, 5.74) is 3.27. The van der Waals surface area contributed by atoms with Crippen molar-refractivity contribution in [1.29, 1.82) is 5.26 Å². The van der Waals surface area contributed by atoms with Gasteiger partial charge in [0.15, 0.2) is 0 Å². The average Bonchev–Trinajstić information content (AvgIpc) is 3.39. The maximum absolute atomic E-state index is 14.1. The van der Waals surface area contributed by atoms with Gasteiger partial charge in [0, 0.05) is 24.5 Å². The monoisotopic (exact) mass is 420 g/mol. The zero-order valence-electron chi connectivity index (χ0n) is 17.3. The van der Waals surface area contributed by atoms with Crippen LogP contribution in [0.15, 0.2) is 42.9 Å². The molecule has 0 saturated heterocycles. The van der Waals surface area contributed by atoms with E-state index in [0.29, 0.717) is 22.5 Å². The number of aliphatic hydroxyl groups is 1. The number of alkyl halides is 1. The van der Waals surface area contributed by atoms with Gasteiger partial charge in [-0.25, -0.2) is 13.6 Å². The van der Waals surface area contributed by atoms with Crippen LogP contribution in [0.3, 0.4) is 0 Å². The molecular weight excluding hydrogens is 399 g/mol. The number of anilines is 1. The summed E-state index contributed by atoms with van der Waals surface area (Å²) < 4.78 is 17.2. The van der Waals surface area contributed by atoms with Crippen molar-refractivity contribution >= 4 is 11.2 Å². The Morgan fingerprint density at radius 2 is 2.06 bits per heavy atom. The van der Waals surface area contributed by atoms with Gasteiger partial charge in [-0.1, -0.05) is 5.21 Å². The summed E-state index contributed by atoms with van der Waals surface area (Å²) in [7, 11) is 1.78.